The van der Waals surface area contributed by atoms with E-state index in [9.17, 15) is 5.11 Å². The van der Waals surface area contributed by atoms with E-state index in [4.69, 9.17) is 5.73 Å². The van der Waals surface area contributed by atoms with Gasteiger partial charge in [0.25, 0.3) is 0 Å². The third kappa shape index (κ3) is 1.01. The smallest absolute Gasteiger partial charge is 0.0829 e. The van der Waals surface area contributed by atoms with Crippen molar-refractivity contribution in [3.63, 3.8) is 0 Å². The molecular formula is C10H19NO. The van der Waals surface area contributed by atoms with Gasteiger partial charge in [-0.3, -0.25) is 0 Å². The van der Waals surface area contributed by atoms with Crippen molar-refractivity contribution in [2.75, 3.05) is 0 Å². The van der Waals surface area contributed by atoms with Crippen LogP contribution in [0.25, 0.3) is 0 Å². The summed E-state index contributed by atoms with van der Waals surface area (Å²) in [5.41, 5.74) is 5.40. The summed E-state index contributed by atoms with van der Waals surface area (Å²) >= 11 is 0. The first kappa shape index (κ1) is 8.52. The Labute approximate surface area is 74.1 Å². The minimum atomic E-state index is -0.523. The molecule has 2 saturated carbocycles. The van der Waals surface area contributed by atoms with Crippen molar-refractivity contribution < 1.29 is 5.11 Å². The number of nitrogens with two attached hydrogens (primary N) is 1. The lowest BCUT2D eigenvalue weighted by molar-refractivity contribution is -0.0331. The Kier molecular flexibility index (Phi) is 1.74. The van der Waals surface area contributed by atoms with Crippen molar-refractivity contribution in [2.45, 2.75) is 56.6 Å². The largest absolute Gasteiger partial charge is 0.388 e. The summed E-state index contributed by atoms with van der Waals surface area (Å²) in [6, 6.07) is 0. The second-order valence-electron chi connectivity index (χ2n) is 4.74. The van der Waals surface area contributed by atoms with Crippen molar-refractivity contribution in [1.82, 2.24) is 0 Å². The van der Waals surface area contributed by atoms with E-state index < -0.39 is 5.60 Å². The van der Waals surface area contributed by atoms with E-state index in [1.54, 1.807) is 0 Å². The molecule has 70 valence electrons. The number of rotatable bonds is 1. The van der Waals surface area contributed by atoms with Crippen molar-refractivity contribution in [3.05, 3.63) is 0 Å². The van der Waals surface area contributed by atoms with E-state index in [1.165, 1.54) is 6.42 Å². The molecule has 0 bridgehead atoms. The lowest BCUT2D eigenvalue weighted by Crippen LogP contribution is -2.52. The zero-order valence-corrected chi connectivity index (χ0v) is 7.84. The van der Waals surface area contributed by atoms with Gasteiger partial charge in [-0.1, -0.05) is 26.2 Å². The Bertz CT molecular complexity index is 186. The van der Waals surface area contributed by atoms with Gasteiger partial charge in [-0.2, -0.15) is 0 Å². The minimum absolute atomic E-state index is 0.229. The van der Waals surface area contributed by atoms with Crippen LogP contribution in [0.4, 0.5) is 0 Å². The van der Waals surface area contributed by atoms with E-state index in [1.807, 2.05) is 0 Å². The molecular weight excluding hydrogens is 150 g/mol. The Morgan fingerprint density at radius 1 is 1.25 bits per heavy atom. The molecule has 2 atom stereocenters. The molecule has 12 heavy (non-hydrogen) atoms. The van der Waals surface area contributed by atoms with E-state index in [-0.39, 0.29) is 5.54 Å². The predicted molar refractivity (Wildman–Crippen MR) is 48.7 cm³/mol. The Hall–Kier alpha value is -0.0800. The highest BCUT2D eigenvalue weighted by molar-refractivity contribution is 5.18. The maximum Gasteiger partial charge on any atom is 0.0829 e. The minimum Gasteiger partial charge on any atom is -0.388 e. The van der Waals surface area contributed by atoms with Gasteiger partial charge in [0.15, 0.2) is 0 Å². The highest BCUT2D eigenvalue weighted by atomic mass is 16.3. The van der Waals surface area contributed by atoms with Gasteiger partial charge in [-0.15, -0.1) is 0 Å². The second kappa shape index (κ2) is 2.46. The van der Waals surface area contributed by atoms with Crippen LogP contribution in [0.3, 0.4) is 0 Å². The molecule has 0 saturated heterocycles. The fraction of sp³-hybridized carbons (Fsp3) is 1.00. The summed E-state index contributed by atoms with van der Waals surface area (Å²) in [6.45, 7) is 2.15. The molecule has 3 N–H and O–H groups in total. The van der Waals surface area contributed by atoms with Crippen molar-refractivity contribution in [3.8, 4) is 0 Å². The third-order valence-corrected chi connectivity index (χ3v) is 3.91. The normalized spacial score (nSPS) is 45.8. The highest BCUT2D eigenvalue weighted by Gasteiger charge is 2.61. The Morgan fingerprint density at radius 3 is 2.17 bits per heavy atom. The summed E-state index contributed by atoms with van der Waals surface area (Å²) in [5, 5.41) is 10.3. The molecule has 2 heteroatoms. The molecule has 0 heterocycles. The summed E-state index contributed by atoms with van der Waals surface area (Å²) in [7, 11) is 0. The van der Waals surface area contributed by atoms with Gasteiger partial charge in [0.1, 0.15) is 0 Å². The van der Waals surface area contributed by atoms with Gasteiger partial charge in [0, 0.05) is 5.54 Å². The summed E-state index contributed by atoms with van der Waals surface area (Å²) < 4.78 is 0. The van der Waals surface area contributed by atoms with Crippen molar-refractivity contribution >= 4 is 0 Å². The van der Waals surface area contributed by atoms with Crippen LogP contribution in [0, 0.1) is 5.92 Å². The lowest BCUT2D eigenvalue weighted by Gasteiger charge is -2.38. The average molecular weight is 169 g/mol. The molecule has 2 aliphatic rings. The zero-order valence-electron chi connectivity index (χ0n) is 7.84. The van der Waals surface area contributed by atoms with Gasteiger partial charge < -0.3 is 10.8 Å². The van der Waals surface area contributed by atoms with Crippen LogP contribution in [0.5, 0.6) is 0 Å². The summed E-state index contributed by atoms with van der Waals surface area (Å²) in [4.78, 5) is 0. The predicted octanol–water partition coefficient (Wildman–Crippen LogP) is 1.42. The van der Waals surface area contributed by atoms with Crippen molar-refractivity contribution in [1.29, 1.82) is 0 Å². The van der Waals surface area contributed by atoms with E-state index in [0.717, 1.165) is 32.1 Å². The average Bonchev–Trinajstić information content (AvgIpc) is 2.63. The first-order chi connectivity index (χ1) is 5.58. The fourth-order valence-corrected chi connectivity index (χ4v) is 2.70. The highest BCUT2D eigenvalue weighted by Crippen LogP contribution is 2.53. The van der Waals surface area contributed by atoms with Crippen LogP contribution < -0.4 is 5.73 Å². The van der Waals surface area contributed by atoms with Crippen LogP contribution >= 0.6 is 0 Å². The van der Waals surface area contributed by atoms with Crippen LogP contribution in [0.2, 0.25) is 0 Å². The Morgan fingerprint density at radius 2 is 1.75 bits per heavy atom. The SMILES string of the molecule is CC1CC1(N)C1(O)CCCCC1. The number of aliphatic hydroxyl groups is 1. The van der Waals surface area contributed by atoms with E-state index in [2.05, 4.69) is 6.92 Å². The molecule has 0 radical (unpaired) electrons. The second-order valence-corrected chi connectivity index (χ2v) is 4.74. The van der Waals surface area contributed by atoms with Crippen LogP contribution in [0.1, 0.15) is 45.4 Å². The third-order valence-electron chi connectivity index (χ3n) is 3.91. The van der Waals surface area contributed by atoms with Crippen molar-refractivity contribution in [2.24, 2.45) is 11.7 Å². The molecule has 0 aromatic heterocycles. The maximum atomic E-state index is 10.3. The molecule has 0 amide bonds. The van der Waals surface area contributed by atoms with E-state index in [0.29, 0.717) is 5.92 Å². The standard InChI is InChI=1S/C10H19NO/c1-8-7-10(8,11)9(12)5-3-2-4-6-9/h8,12H,2-7,11H2,1H3. The first-order valence-electron chi connectivity index (χ1n) is 5.10. The molecule has 2 aliphatic carbocycles. The van der Waals surface area contributed by atoms with Crippen LogP contribution in [-0.4, -0.2) is 16.2 Å². The number of hydrogen-bond donors (Lipinski definition) is 2. The molecule has 2 unspecified atom stereocenters. The van der Waals surface area contributed by atoms with Gasteiger partial charge in [0.05, 0.1) is 5.60 Å². The molecule has 0 aliphatic heterocycles. The molecule has 0 aromatic carbocycles. The first-order valence-corrected chi connectivity index (χ1v) is 5.10. The monoisotopic (exact) mass is 169 g/mol. The van der Waals surface area contributed by atoms with Gasteiger partial charge in [-0.05, 0) is 25.2 Å². The molecule has 2 nitrogen and oxygen atoms in total. The lowest BCUT2D eigenvalue weighted by atomic mass is 9.77. The Balaban J connectivity index is 2.09. The van der Waals surface area contributed by atoms with Gasteiger partial charge in [0.2, 0.25) is 0 Å². The summed E-state index contributed by atoms with van der Waals surface area (Å²) in [5.74, 6) is 0.528. The topological polar surface area (TPSA) is 46.2 Å². The van der Waals surface area contributed by atoms with Gasteiger partial charge in [-0.25, -0.2) is 0 Å². The fourth-order valence-electron chi connectivity index (χ4n) is 2.70. The zero-order chi connectivity index (χ0) is 8.82. The maximum absolute atomic E-state index is 10.3. The van der Waals surface area contributed by atoms with Crippen LogP contribution in [0.15, 0.2) is 0 Å². The molecule has 0 spiro atoms. The molecule has 0 aromatic rings. The quantitative estimate of drug-likeness (QED) is 0.623. The van der Waals surface area contributed by atoms with Crippen LogP contribution in [-0.2, 0) is 0 Å². The summed E-state index contributed by atoms with van der Waals surface area (Å²) in [6.07, 6.45) is 6.45. The molecule has 2 rings (SSSR count). The molecule has 2 fully saturated rings. The van der Waals surface area contributed by atoms with Gasteiger partial charge >= 0.3 is 0 Å². The number of hydrogen-bond acceptors (Lipinski definition) is 2. The van der Waals surface area contributed by atoms with E-state index >= 15 is 0 Å².